The standard InChI is InChI=1S/C25H38F3N5O4/c1-13(2)18(20(34)25(26,27)28)29-22(36)17-10-9-11-32(17)23(37)19(14(3)4)30-21(35)16-12-15(5)33(31-16)24(6,7)8/h12-14,17-19H,9-11H2,1-8H3,(H,29,36)(H,30,35)/t17-,18-,19-/m0/s1. The van der Waals surface area contributed by atoms with Gasteiger partial charge in [0.05, 0.1) is 11.6 Å². The Labute approximate surface area is 215 Å². The third kappa shape index (κ3) is 7.10. The fourth-order valence-corrected chi connectivity index (χ4v) is 4.44. The molecule has 1 aliphatic heterocycles. The Morgan fingerprint density at radius 3 is 2.03 bits per heavy atom. The van der Waals surface area contributed by atoms with Gasteiger partial charge in [-0.25, -0.2) is 0 Å². The summed E-state index contributed by atoms with van der Waals surface area (Å²) in [6, 6.07) is -2.17. The first-order valence-electron chi connectivity index (χ1n) is 12.5. The van der Waals surface area contributed by atoms with Gasteiger partial charge in [-0.3, -0.25) is 23.9 Å². The number of hydrogen-bond acceptors (Lipinski definition) is 5. The van der Waals surface area contributed by atoms with Crippen molar-refractivity contribution in [2.24, 2.45) is 11.8 Å². The van der Waals surface area contributed by atoms with Crippen LogP contribution in [0.15, 0.2) is 6.07 Å². The van der Waals surface area contributed by atoms with E-state index < -0.39 is 53.7 Å². The van der Waals surface area contributed by atoms with Gasteiger partial charge < -0.3 is 15.5 Å². The van der Waals surface area contributed by atoms with Gasteiger partial charge in [0.2, 0.25) is 11.8 Å². The molecular weight excluding hydrogens is 491 g/mol. The maximum atomic E-state index is 13.5. The van der Waals surface area contributed by atoms with E-state index in [-0.39, 0.29) is 30.1 Å². The summed E-state index contributed by atoms with van der Waals surface area (Å²) in [6.45, 7) is 14.1. The van der Waals surface area contributed by atoms with Crippen molar-refractivity contribution in [1.82, 2.24) is 25.3 Å². The van der Waals surface area contributed by atoms with Gasteiger partial charge in [-0.1, -0.05) is 27.7 Å². The number of alkyl halides is 3. The molecule has 1 fully saturated rings. The number of amides is 3. The quantitative estimate of drug-likeness (QED) is 0.538. The Kier molecular flexibility index (Phi) is 9.19. The van der Waals surface area contributed by atoms with E-state index in [1.807, 2.05) is 27.7 Å². The van der Waals surface area contributed by atoms with E-state index in [1.54, 1.807) is 24.6 Å². The molecule has 9 nitrogen and oxygen atoms in total. The van der Waals surface area contributed by atoms with Crippen molar-refractivity contribution < 1.29 is 32.3 Å². The summed E-state index contributed by atoms with van der Waals surface area (Å²) in [5, 5.41) is 9.29. The number of aromatic nitrogens is 2. The topological polar surface area (TPSA) is 113 Å². The number of nitrogens with one attached hydrogen (secondary N) is 2. The average Bonchev–Trinajstić information content (AvgIpc) is 3.40. The fraction of sp³-hybridized carbons (Fsp3) is 0.720. The van der Waals surface area contributed by atoms with Gasteiger partial charge in [-0.2, -0.15) is 18.3 Å². The molecule has 1 aromatic rings. The summed E-state index contributed by atoms with van der Waals surface area (Å²) in [5.41, 5.74) is 0.564. The molecule has 0 radical (unpaired) electrons. The molecular formula is C25H38F3N5O4. The summed E-state index contributed by atoms with van der Waals surface area (Å²) in [7, 11) is 0. The van der Waals surface area contributed by atoms with E-state index in [0.29, 0.717) is 6.42 Å². The molecule has 1 aliphatic rings. The first-order chi connectivity index (χ1) is 16.9. The van der Waals surface area contributed by atoms with Gasteiger partial charge in [-0.05, 0) is 58.4 Å². The van der Waals surface area contributed by atoms with Gasteiger partial charge in [0.1, 0.15) is 17.8 Å². The number of aryl methyl sites for hydroxylation is 1. The molecule has 0 unspecified atom stereocenters. The minimum absolute atomic E-state index is 0.145. The van der Waals surface area contributed by atoms with Crippen molar-refractivity contribution in [3.63, 3.8) is 0 Å². The SMILES string of the molecule is Cc1cc(C(=O)N[C@H](C(=O)N2CCC[C@H]2C(=O)N[C@H](C(=O)C(F)(F)F)C(C)C)C(C)C)nn1C(C)(C)C. The third-order valence-electron chi connectivity index (χ3n) is 6.34. The summed E-state index contributed by atoms with van der Waals surface area (Å²) < 4.78 is 40.8. The number of carbonyl (C=O) groups is 4. The minimum Gasteiger partial charge on any atom is -0.344 e. The Hall–Kier alpha value is -2.92. The zero-order valence-corrected chi connectivity index (χ0v) is 22.7. The van der Waals surface area contributed by atoms with E-state index in [9.17, 15) is 32.3 Å². The van der Waals surface area contributed by atoms with Gasteiger partial charge in [-0.15, -0.1) is 0 Å². The van der Waals surface area contributed by atoms with Crippen LogP contribution in [0.1, 0.15) is 77.5 Å². The number of hydrogen-bond donors (Lipinski definition) is 2. The summed E-state index contributed by atoms with van der Waals surface area (Å²) in [6.07, 6.45) is -4.41. The Balaban J connectivity index is 2.21. The van der Waals surface area contributed by atoms with Crippen molar-refractivity contribution in [2.45, 2.75) is 98.1 Å². The Morgan fingerprint density at radius 1 is 1.00 bits per heavy atom. The molecule has 3 amide bonds. The maximum absolute atomic E-state index is 13.5. The third-order valence-corrected chi connectivity index (χ3v) is 6.34. The molecule has 208 valence electrons. The fourth-order valence-electron chi connectivity index (χ4n) is 4.44. The normalized spacial score (nSPS) is 18.2. The molecule has 0 saturated carbocycles. The van der Waals surface area contributed by atoms with E-state index in [0.717, 1.165) is 5.69 Å². The van der Waals surface area contributed by atoms with Crippen LogP contribution in [0.25, 0.3) is 0 Å². The van der Waals surface area contributed by atoms with E-state index in [4.69, 9.17) is 0 Å². The molecule has 1 aromatic heterocycles. The van der Waals surface area contributed by atoms with Crippen LogP contribution in [0.3, 0.4) is 0 Å². The Bertz CT molecular complexity index is 1030. The lowest BCUT2D eigenvalue weighted by molar-refractivity contribution is -0.175. The molecule has 12 heteroatoms. The molecule has 1 saturated heterocycles. The number of nitrogens with zero attached hydrogens (tertiary/aromatic N) is 3. The lowest BCUT2D eigenvalue weighted by atomic mass is 9.98. The Morgan fingerprint density at radius 2 is 1.57 bits per heavy atom. The number of carbonyl (C=O) groups excluding carboxylic acids is 4. The number of ketones is 1. The number of likely N-dealkylation sites (tertiary alicyclic amines) is 1. The highest BCUT2D eigenvalue weighted by molar-refractivity contribution is 5.98. The largest absolute Gasteiger partial charge is 0.452 e. The van der Waals surface area contributed by atoms with Crippen LogP contribution in [-0.4, -0.2) is 69.0 Å². The molecule has 2 rings (SSSR count). The highest BCUT2D eigenvalue weighted by Crippen LogP contribution is 2.24. The molecule has 2 heterocycles. The molecule has 2 N–H and O–H groups in total. The molecule has 0 aromatic carbocycles. The zero-order valence-electron chi connectivity index (χ0n) is 22.7. The second-order valence-electron chi connectivity index (χ2n) is 11.2. The van der Waals surface area contributed by atoms with Crippen molar-refractivity contribution in [3.8, 4) is 0 Å². The summed E-state index contributed by atoms with van der Waals surface area (Å²) in [5.74, 6) is -5.07. The lowest BCUT2D eigenvalue weighted by Crippen LogP contribution is -2.58. The van der Waals surface area contributed by atoms with E-state index in [1.165, 1.54) is 18.7 Å². The van der Waals surface area contributed by atoms with Crippen molar-refractivity contribution in [2.75, 3.05) is 6.54 Å². The molecule has 0 bridgehead atoms. The zero-order chi connectivity index (χ0) is 28.5. The van der Waals surface area contributed by atoms with Crippen molar-refractivity contribution in [3.05, 3.63) is 17.5 Å². The van der Waals surface area contributed by atoms with Gasteiger partial charge >= 0.3 is 6.18 Å². The highest BCUT2D eigenvalue weighted by atomic mass is 19.4. The average molecular weight is 530 g/mol. The van der Waals surface area contributed by atoms with Crippen LogP contribution < -0.4 is 10.6 Å². The number of halogens is 3. The molecule has 3 atom stereocenters. The number of rotatable bonds is 8. The van der Waals surface area contributed by atoms with Gasteiger partial charge in [0, 0.05) is 12.2 Å². The molecule has 0 spiro atoms. The van der Waals surface area contributed by atoms with Crippen LogP contribution in [-0.2, 0) is 19.9 Å². The first kappa shape index (κ1) is 30.3. The number of Topliss-reactive ketones (excluding diaryl/α,β-unsaturated/α-hetero) is 1. The monoisotopic (exact) mass is 529 g/mol. The summed E-state index contributed by atoms with van der Waals surface area (Å²) in [4.78, 5) is 52.5. The highest BCUT2D eigenvalue weighted by Gasteiger charge is 2.46. The molecule has 37 heavy (non-hydrogen) atoms. The summed E-state index contributed by atoms with van der Waals surface area (Å²) >= 11 is 0. The van der Waals surface area contributed by atoms with Crippen LogP contribution in [0.4, 0.5) is 13.2 Å². The molecule has 0 aliphatic carbocycles. The first-order valence-corrected chi connectivity index (χ1v) is 12.5. The van der Waals surface area contributed by atoms with Gasteiger partial charge in [0.15, 0.2) is 0 Å². The van der Waals surface area contributed by atoms with Crippen LogP contribution in [0, 0.1) is 18.8 Å². The van der Waals surface area contributed by atoms with Crippen molar-refractivity contribution >= 4 is 23.5 Å². The maximum Gasteiger partial charge on any atom is 0.452 e. The predicted molar refractivity (Wildman–Crippen MR) is 131 cm³/mol. The van der Waals surface area contributed by atoms with Crippen LogP contribution >= 0.6 is 0 Å². The van der Waals surface area contributed by atoms with Crippen molar-refractivity contribution in [1.29, 1.82) is 0 Å². The smallest absolute Gasteiger partial charge is 0.344 e. The second-order valence-corrected chi connectivity index (χ2v) is 11.2. The van der Waals surface area contributed by atoms with Crippen LogP contribution in [0.2, 0.25) is 0 Å². The van der Waals surface area contributed by atoms with Gasteiger partial charge in [0.25, 0.3) is 11.7 Å². The van der Waals surface area contributed by atoms with E-state index in [2.05, 4.69) is 15.7 Å². The lowest BCUT2D eigenvalue weighted by Gasteiger charge is -2.31. The predicted octanol–water partition coefficient (Wildman–Crippen LogP) is 2.96. The minimum atomic E-state index is -5.10. The van der Waals surface area contributed by atoms with E-state index >= 15 is 0 Å². The second kappa shape index (κ2) is 11.2. The van der Waals surface area contributed by atoms with Crippen LogP contribution in [0.5, 0.6) is 0 Å².